The second-order valence-corrected chi connectivity index (χ2v) is 9.73. The van der Waals surface area contributed by atoms with E-state index in [9.17, 15) is 9.59 Å². The molecule has 3 aromatic rings. The van der Waals surface area contributed by atoms with E-state index in [-0.39, 0.29) is 11.8 Å². The van der Waals surface area contributed by atoms with Crippen LogP contribution < -0.4 is 4.74 Å². The predicted octanol–water partition coefficient (Wildman–Crippen LogP) is 4.50. The first-order valence-corrected chi connectivity index (χ1v) is 12.5. The number of hydrogen-bond donors (Lipinski definition) is 0. The van der Waals surface area contributed by atoms with Gasteiger partial charge in [0, 0.05) is 32.6 Å². The minimum absolute atomic E-state index is 0.0235. The molecular weight excluding hydrogens is 442 g/mol. The number of thiazole rings is 1. The molecule has 2 aromatic heterocycles. The van der Waals surface area contributed by atoms with Crippen molar-refractivity contribution >= 4 is 34.5 Å². The zero-order valence-corrected chi connectivity index (χ0v) is 20.0. The molecular formula is C24H27N3O3S2. The molecule has 1 aliphatic rings. The lowest BCUT2D eigenvalue weighted by molar-refractivity contribution is -0.131. The molecule has 0 spiro atoms. The molecule has 0 N–H and O–H groups in total. The summed E-state index contributed by atoms with van der Waals surface area (Å²) in [6, 6.07) is 11.8. The van der Waals surface area contributed by atoms with E-state index in [1.54, 1.807) is 18.4 Å². The van der Waals surface area contributed by atoms with Gasteiger partial charge in [0.15, 0.2) is 0 Å². The number of carbonyl (C=O) groups excluding carboxylic acids is 2. The third kappa shape index (κ3) is 5.19. The number of ether oxygens (including phenoxy) is 1. The van der Waals surface area contributed by atoms with E-state index in [0.29, 0.717) is 43.9 Å². The van der Waals surface area contributed by atoms with Crippen LogP contribution in [0, 0.1) is 6.92 Å². The van der Waals surface area contributed by atoms with Crippen molar-refractivity contribution in [2.45, 2.75) is 26.2 Å². The van der Waals surface area contributed by atoms with Gasteiger partial charge in [0.25, 0.3) is 5.91 Å². The Morgan fingerprint density at radius 3 is 2.53 bits per heavy atom. The van der Waals surface area contributed by atoms with Crippen molar-refractivity contribution in [2.24, 2.45) is 0 Å². The van der Waals surface area contributed by atoms with Crippen LogP contribution in [0.15, 0.2) is 41.8 Å². The largest absolute Gasteiger partial charge is 0.497 e. The average Bonchev–Trinajstić information content (AvgIpc) is 3.41. The Morgan fingerprint density at radius 1 is 1.06 bits per heavy atom. The number of amides is 2. The average molecular weight is 470 g/mol. The lowest BCUT2D eigenvalue weighted by Gasteiger charge is -2.22. The van der Waals surface area contributed by atoms with E-state index in [1.165, 1.54) is 11.3 Å². The lowest BCUT2D eigenvalue weighted by Crippen LogP contribution is -2.37. The van der Waals surface area contributed by atoms with Crippen molar-refractivity contribution in [3.63, 3.8) is 0 Å². The number of rotatable bonds is 6. The Hall–Kier alpha value is -2.71. The minimum Gasteiger partial charge on any atom is -0.497 e. The van der Waals surface area contributed by atoms with Gasteiger partial charge < -0.3 is 14.5 Å². The van der Waals surface area contributed by atoms with E-state index >= 15 is 0 Å². The van der Waals surface area contributed by atoms with Gasteiger partial charge in [-0.15, -0.1) is 22.7 Å². The van der Waals surface area contributed by atoms with Crippen molar-refractivity contribution < 1.29 is 14.3 Å². The topological polar surface area (TPSA) is 62.7 Å². The Bertz CT molecular complexity index is 1060. The standard InChI is InChI=1S/C24H27N3O3S2/c1-17-22(32-23(25-17)20-5-3-16-31-20)24(29)27-13-4-12-26(14-15-27)21(28)11-8-18-6-9-19(30-2)10-7-18/h3,5-7,9-10,16H,4,8,11-15H2,1-2H3. The summed E-state index contributed by atoms with van der Waals surface area (Å²) in [7, 11) is 1.64. The number of benzene rings is 1. The van der Waals surface area contributed by atoms with Crippen LogP contribution in [0.25, 0.3) is 9.88 Å². The fourth-order valence-corrected chi connectivity index (χ4v) is 5.65. The predicted molar refractivity (Wildman–Crippen MR) is 129 cm³/mol. The van der Waals surface area contributed by atoms with Gasteiger partial charge in [-0.1, -0.05) is 18.2 Å². The van der Waals surface area contributed by atoms with Gasteiger partial charge in [0.05, 0.1) is 17.7 Å². The van der Waals surface area contributed by atoms with Crippen molar-refractivity contribution in [3.8, 4) is 15.6 Å². The van der Waals surface area contributed by atoms with Crippen molar-refractivity contribution in [2.75, 3.05) is 33.3 Å². The van der Waals surface area contributed by atoms with E-state index in [1.807, 2.05) is 58.5 Å². The number of aryl methyl sites for hydroxylation is 2. The van der Waals surface area contributed by atoms with Gasteiger partial charge >= 0.3 is 0 Å². The summed E-state index contributed by atoms with van der Waals surface area (Å²) in [6.07, 6.45) is 1.96. The summed E-state index contributed by atoms with van der Waals surface area (Å²) >= 11 is 3.09. The van der Waals surface area contributed by atoms with Crippen LogP contribution in [0.2, 0.25) is 0 Å². The molecule has 4 rings (SSSR count). The second-order valence-electron chi connectivity index (χ2n) is 7.79. The third-order valence-electron chi connectivity index (χ3n) is 5.65. The fraction of sp³-hybridized carbons (Fsp3) is 0.375. The summed E-state index contributed by atoms with van der Waals surface area (Å²) in [6.45, 7) is 4.37. The maximum atomic E-state index is 13.2. The first-order valence-electron chi connectivity index (χ1n) is 10.8. The highest BCUT2D eigenvalue weighted by Crippen LogP contribution is 2.31. The van der Waals surface area contributed by atoms with Crippen molar-refractivity contribution in [1.29, 1.82) is 0 Å². The molecule has 1 fully saturated rings. The Labute approximate surface area is 196 Å². The second kappa shape index (κ2) is 10.3. The number of aromatic nitrogens is 1. The van der Waals surface area contributed by atoms with Gasteiger partial charge in [0.2, 0.25) is 5.91 Å². The summed E-state index contributed by atoms with van der Waals surface area (Å²) < 4.78 is 5.18. The fourth-order valence-electron chi connectivity index (χ4n) is 3.82. The van der Waals surface area contributed by atoms with E-state index in [0.717, 1.165) is 33.3 Å². The van der Waals surface area contributed by atoms with Crippen LogP contribution in [0.1, 0.15) is 33.8 Å². The van der Waals surface area contributed by atoms with Crippen LogP contribution in [0.5, 0.6) is 5.75 Å². The van der Waals surface area contributed by atoms with Crippen LogP contribution in [-0.2, 0) is 11.2 Å². The highest BCUT2D eigenvalue weighted by molar-refractivity contribution is 7.22. The monoisotopic (exact) mass is 469 g/mol. The highest BCUT2D eigenvalue weighted by Gasteiger charge is 2.26. The Morgan fingerprint density at radius 2 is 1.81 bits per heavy atom. The smallest absolute Gasteiger partial charge is 0.265 e. The lowest BCUT2D eigenvalue weighted by atomic mass is 10.1. The summed E-state index contributed by atoms with van der Waals surface area (Å²) in [5, 5.41) is 2.91. The highest BCUT2D eigenvalue weighted by atomic mass is 32.1. The van der Waals surface area contributed by atoms with E-state index in [2.05, 4.69) is 4.98 Å². The quantitative estimate of drug-likeness (QED) is 0.533. The molecule has 168 valence electrons. The van der Waals surface area contributed by atoms with Gasteiger partial charge in [-0.05, 0) is 48.9 Å². The van der Waals surface area contributed by atoms with Gasteiger partial charge in [-0.2, -0.15) is 0 Å². The number of carbonyl (C=O) groups is 2. The van der Waals surface area contributed by atoms with Gasteiger partial charge in [-0.3, -0.25) is 9.59 Å². The molecule has 0 unspecified atom stereocenters. The van der Waals surface area contributed by atoms with E-state index < -0.39 is 0 Å². The molecule has 1 aliphatic heterocycles. The molecule has 0 bridgehead atoms. The molecule has 0 saturated carbocycles. The maximum Gasteiger partial charge on any atom is 0.265 e. The molecule has 3 heterocycles. The van der Waals surface area contributed by atoms with Crippen molar-refractivity contribution in [1.82, 2.24) is 14.8 Å². The Kier molecular flexibility index (Phi) is 7.22. The van der Waals surface area contributed by atoms with Crippen LogP contribution in [-0.4, -0.2) is 59.9 Å². The molecule has 0 aliphatic carbocycles. The zero-order valence-electron chi connectivity index (χ0n) is 18.4. The normalized spacial score (nSPS) is 14.3. The number of methoxy groups -OCH3 is 1. The summed E-state index contributed by atoms with van der Waals surface area (Å²) in [4.78, 5) is 36.1. The Balaban J connectivity index is 1.33. The van der Waals surface area contributed by atoms with E-state index in [4.69, 9.17) is 4.74 Å². The van der Waals surface area contributed by atoms with Gasteiger partial charge in [0.1, 0.15) is 15.6 Å². The first-order chi connectivity index (χ1) is 15.5. The maximum absolute atomic E-state index is 13.2. The molecule has 0 radical (unpaired) electrons. The summed E-state index contributed by atoms with van der Waals surface area (Å²) in [5.74, 6) is 0.982. The number of nitrogens with zero attached hydrogens (tertiary/aromatic N) is 3. The SMILES string of the molecule is COc1ccc(CCC(=O)N2CCCN(C(=O)c3sc(-c4cccs4)nc3C)CC2)cc1. The van der Waals surface area contributed by atoms with Gasteiger partial charge in [-0.25, -0.2) is 4.98 Å². The van der Waals surface area contributed by atoms with Crippen LogP contribution in [0.4, 0.5) is 0 Å². The number of hydrogen-bond acceptors (Lipinski definition) is 6. The molecule has 6 nitrogen and oxygen atoms in total. The molecule has 0 atom stereocenters. The van der Waals surface area contributed by atoms with Crippen molar-refractivity contribution in [3.05, 3.63) is 57.9 Å². The number of thiophene rings is 1. The van der Waals surface area contributed by atoms with Crippen LogP contribution >= 0.6 is 22.7 Å². The molecule has 8 heteroatoms. The molecule has 2 amide bonds. The first kappa shape index (κ1) is 22.5. The summed E-state index contributed by atoms with van der Waals surface area (Å²) in [5.41, 5.74) is 1.90. The zero-order chi connectivity index (χ0) is 22.5. The molecule has 1 aromatic carbocycles. The van der Waals surface area contributed by atoms with Crippen LogP contribution in [0.3, 0.4) is 0 Å². The minimum atomic E-state index is 0.0235. The molecule has 1 saturated heterocycles. The molecule has 32 heavy (non-hydrogen) atoms. The third-order valence-corrected chi connectivity index (χ3v) is 7.83.